The lowest BCUT2D eigenvalue weighted by molar-refractivity contribution is 0.471. The van der Waals surface area contributed by atoms with E-state index in [0.29, 0.717) is 11.4 Å². The third-order valence-electron chi connectivity index (χ3n) is 2.34. The first-order valence-corrected chi connectivity index (χ1v) is 4.60. The van der Waals surface area contributed by atoms with Crippen molar-refractivity contribution in [2.75, 3.05) is 0 Å². The zero-order valence-corrected chi connectivity index (χ0v) is 8.50. The third-order valence-corrected chi connectivity index (χ3v) is 2.34. The molecule has 0 radical (unpaired) electrons. The van der Waals surface area contributed by atoms with Gasteiger partial charge in [0.25, 0.3) is 0 Å². The molecule has 0 aliphatic rings. The maximum Gasteiger partial charge on any atom is 0.141 e. The van der Waals surface area contributed by atoms with Gasteiger partial charge in [0.15, 0.2) is 0 Å². The highest BCUT2D eigenvalue weighted by atomic mass is 19.1. The second kappa shape index (κ2) is 3.38. The van der Waals surface area contributed by atoms with E-state index in [4.69, 9.17) is 0 Å². The zero-order valence-electron chi connectivity index (χ0n) is 8.50. The summed E-state index contributed by atoms with van der Waals surface area (Å²) in [5.74, 6) is -0.0116. The van der Waals surface area contributed by atoms with Crippen LogP contribution in [0.2, 0.25) is 0 Å². The number of benzene rings is 1. The lowest BCUT2D eigenvalue weighted by atomic mass is 10.2. The Morgan fingerprint density at radius 2 is 2.07 bits per heavy atom. The predicted molar refractivity (Wildman–Crippen MR) is 55.1 cm³/mol. The Labute approximate surface area is 86.6 Å². The lowest BCUT2D eigenvalue weighted by Crippen LogP contribution is -1.83. The molecule has 1 aromatic heterocycles. The molecule has 2 N–H and O–H groups in total. The van der Waals surface area contributed by atoms with Gasteiger partial charge in [0.05, 0.1) is 11.3 Å². The minimum atomic E-state index is -0.462. The molecular weight excluding hydrogens is 195 g/mol. The van der Waals surface area contributed by atoms with Crippen LogP contribution in [0.4, 0.5) is 4.39 Å². The summed E-state index contributed by atoms with van der Waals surface area (Å²) >= 11 is 0. The first-order valence-electron chi connectivity index (χ1n) is 4.60. The fourth-order valence-corrected chi connectivity index (χ4v) is 1.38. The highest BCUT2D eigenvalue weighted by Crippen LogP contribution is 2.27. The van der Waals surface area contributed by atoms with Gasteiger partial charge in [-0.15, -0.1) is 0 Å². The van der Waals surface area contributed by atoms with Crippen molar-refractivity contribution in [3.63, 3.8) is 0 Å². The van der Waals surface area contributed by atoms with E-state index in [1.165, 1.54) is 12.1 Å². The van der Waals surface area contributed by atoms with E-state index in [-0.39, 0.29) is 5.75 Å². The van der Waals surface area contributed by atoms with Gasteiger partial charge in [-0.3, -0.25) is 0 Å². The molecule has 0 atom stereocenters. The van der Waals surface area contributed by atoms with Gasteiger partial charge in [0.1, 0.15) is 17.4 Å². The van der Waals surface area contributed by atoms with Gasteiger partial charge in [-0.1, -0.05) is 0 Å². The lowest BCUT2D eigenvalue weighted by Gasteiger charge is -2.00. The Hall–Kier alpha value is -1.84. The molecular formula is C11H11FN2O. The molecule has 0 bridgehead atoms. The molecule has 78 valence electrons. The third kappa shape index (κ3) is 1.70. The second-order valence-electron chi connectivity index (χ2n) is 3.46. The van der Waals surface area contributed by atoms with E-state index >= 15 is 0 Å². The number of hydrogen-bond acceptors (Lipinski definition) is 2. The maximum absolute atomic E-state index is 12.8. The average molecular weight is 206 g/mol. The highest BCUT2D eigenvalue weighted by Gasteiger charge is 2.09. The van der Waals surface area contributed by atoms with E-state index in [9.17, 15) is 9.50 Å². The number of halogens is 1. The summed E-state index contributed by atoms with van der Waals surface area (Å²) in [6, 6.07) is 3.87. The van der Waals surface area contributed by atoms with Crippen molar-refractivity contribution in [2.24, 2.45) is 0 Å². The molecule has 3 nitrogen and oxygen atoms in total. The fourth-order valence-electron chi connectivity index (χ4n) is 1.38. The van der Waals surface area contributed by atoms with E-state index < -0.39 is 5.82 Å². The standard InChI is InChI=1S/C11H11FN2O/c1-6-7(2)14-11(13-6)9-4-3-8(12)5-10(9)15/h3-5,15H,1-2H3,(H,13,14). The van der Waals surface area contributed by atoms with Crippen LogP contribution in [0.25, 0.3) is 11.4 Å². The Balaban J connectivity index is 2.54. The number of aromatic nitrogens is 2. The molecule has 0 unspecified atom stereocenters. The molecule has 1 aromatic carbocycles. The Kier molecular flexibility index (Phi) is 2.19. The van der Waals surface area contributed by atoms with Gasteiger partial charge in [-0.05, 0) is 26.0 Å². The van der Waals surface area contributed by atoms with Crippen LogP contribution in [-0.2, 0) is 0 Å². The number of rotatable bonds is 1. The normalized spacial score (nSPS) is 10.6. The minimum Gasteiger partial charge on any atom is -0.507 e. The first-order chi connectivity index (χ1) is 7.08. The predicted octanol–water partition coefficient (Wildman–Crippen LogP) is 2.54. The van der Waals surface area contributed by atoms with Crippen LogP contribution in [0.5, 0.6) is 5.75 Å². The molecule has 4 heteroatoms. The van der Waals surface area contributed by atoms with E-state index in [2.05, 4.69) is 9.97 Å². The van der Waals surface area contributed by atoms with Gasteiger partial charge in [0.2, 0.25) is 0 Å². The Bertz CT molecular complexity index is 486. The van der Waals surface area contributed by atoms with Gasteiger partial charge < -0.3 is 10.1 Å². The molecule has 2 rings (SSSR count). The van der Waals surface area contributed by atoms with Crippen LogP contribution in [0.15, 0.2) is 18.2 Å². The molecule has 1 heterocycles. The summed E-state index contributed by atoms with van der Waals surface area (Å²) in [6.45, 7) is 3.77. The number of nitrogens with one attached hydrogen (secondary N) is 1. The summed E-state index contributed by atoms with van der Waals surface area (Å²) in [5.41, 5.74) is 2.31. The number of nitrogens with zero attached hydrogens (tertiary/aromatic N) is 1. The molecule has 0 fully saturated rings. The van der Waals surface area contributed by atoms with Crippen molar-refractivity contribution < 1.29 is 9.50 Å². The topological polar surface area (TPSA) is 48.9 Å². The number of imidazole rings is 1. The van der Waals surface area contributed by atoms with Crippen molar-refractivity contribution in [1.29, 1.82) is 0 Å². The second-order valence-corrected chi connectivity index (χ2v) is 3.46. The van der Waals surface area contributed by atoms with Crippen LogP contribution in [0.3, 0.4) is 0 Å². The Morgan fingerprint density at radius 3 is 2.60 bits per heavy atom. The van der Waals surface area contributed by atoms with Crippen LogP contribution in [0.1, 0.15) is 11.4 Å². The van der Waals surface area contributed by atoms with Crippen LogP contribution >= 0.6 is 0 Å². The molecule has 0 spiro atoms. The highest BCUT2D eigenvalue weighted by molar-refractivity contribution is 5.64. The van der Waals surface area contributed by atoms with Crippen LogP contribution in [-0.4, -0.2) is 15.1 Å². The number of H-pyrrole nitrogens is 1. The number of aromatic hydroxyl groups is 1. The summed E-state index contributed by atoms with van der Waals surface area (Å²) in [7, 11) is 0. The molecule has 0 saturated carbocycles. The molecule has 0 amide bonds. The first kappa shape index (κ1) is 9.71. The average Bonchev–Trinajstić information content (AvgIpc) is 2.46. The fraction of sp³-hybridized carbons (Fsp3) is 0.182. The minimum absolute atomic E-state index is 0.108. The van der Waals surface area contributed by atoms with Crippen molar-refractivity contribution >= 4 is 0 Å². The summed E-state index contributed by atoms with van der Waals surface area (Å²) in [6.07, 6.45) is 0. The van der Waals surface area contributed by atoms with E-state index in [1.807, 2.05) is 13.8 Å². The molecule has 0 aliphatic heterocycles. The smallest absolute Gasteiger partial charge is 0.141 e. The van der Waals surface area contributed by atoms with Crippen molar-refractivity contribution in [3.8, 4) is 17.1 Å². The molecule has 2 aromatic rings. The largest absolute Gasteiger partial charge is 0.507 e. The van der Waals surface area contributed by atoms with Gasteiger partial charge in [0, 0.05) is 11.8 Å². The number of phenolic OH excluding ortho intramolecular Hbond substituents is 1. The quantitative estimate of drug-likeness (QED) is 0.753. The molecule has 15 heavy (non-hydrogen) atoms. The monoisotopic (exact) mass is 206 g/mol. The molecule has 0 aliphatic carbocycles. The summed E-state index contributed by atoms with van der Waals surface area (Å²) < 4.78 is 12.8. The van der Waals surface area contributed by atoms with Gasteiger partial charge in [-0.2, -0.15) is 0 Å². The number of phenols is 1. The van der Waals surface area contributed by atoms with Gasteiger partial charge in [-0.25, -0.2) is 9.37 Å². The van der Waals surface area contributed by atoms with Crippen molar-refractivity contribution in [1.82, 2.24) is 9.97 Å². The van der Waals surface area contributed by atoms with Crippen molar-refractivity contribution in [3.05, 3.63) is 35.4 Å². The van der Waals surface area contributed by atoms with Crippen LogP contribution in [0, 0.1) is 19.7 Å². The number of aromatic amines is 1. The number of aryl methyl sites for hydroxylation is 2. The van der Waals surface area contributed by atoms with Crippen LogP contribution < -0.4 is 0 Å². The SMILES string of the molecule is Cc1nc(-c2ccc(F)cc2O)[nH]c1C. The number of hydrogen-bond donors (Lipinski definition) is 2. The molecule has 0 saturated heterocycles. The van der Waals surface area contributed by atoms with Crippen molar-refractivity contribution in [2.45, 2.75) is 13.8 Å². The van der Waals surface area contributed by atoms with E-state index in [0.717, 1.165) is 17.5 Å². The Morgan fingerprint density at radius 1 is 1.33 bits per heavy atom. The summed E-state index contributed by atoms with van der Waals surface area (Å²) in [5, 5.41) is 9.54. The maximum atomic E-state index is 12.8. The summed E-state index contributed by atoms with van der Waals surface area (Å²) in [4.78, 5) is 7.26. The van der Waals surface area contributed by atoms with E-state index in [1.54, 1.807) is 0 Å². The van der Waals surface area contributed by atoms with Gasteiger partial charge >= 0.3 is 0 Å². The zero-order chi connectivity index (χ0) is 11.0.